The number of halogens is 2. The molecule has 0 aliphatic heterocycles. The summed E-state index contributed by atoms with van der Waals surface area (Å²) in [5, 5.41) is 3.15. The molecular formula is C27H23F2N3O2. The number of aromatic nitrogens is 2. The molecular weight excluding hydrogens is 436 g/mol. The van der Waals surface area contributed by atoms with Gasteiger partial charge in [-0.1, -0.05) is 30.7 Å². The first-order valence-electron chi connectivity index (χ1n) is 11.3. The van der Waals surface area contributed by atoms with Crippen molar-refractivity contribution < 1.29 is 13.6 Å². The summed E-state index contributed by atoms with van der Waals surface area (Å²) in [5.74, 6) is -1.33. The van der Waals surface area contributed by atoms with Gasteiger partial charge in [0.25, 0.3) is 11.5 Å². The van der Waals surface area contributed by atoms with E-state index >= 15 is 0 Å². The summed E-state index contributed by atoms with van der Waals surface area (Å²) in [6, 6.07) is 13.5. The predicted octanol–water partition coefficient (Wildman–Crippen LogP) is 5.24. The Morgan fingerprint density at radius 1 is 1.12 bits per heavy atom. The van der Waals surface area contributed by atoms with Gasteiger partial charge in [-0.3, -0.25) is 19.1 Å². The van der Waals surface area contributed by atoms with Crippen LogP contribution in [0.4, 0.5) is 8.78 Å². The highest BCUT2D eigenvalue weighted by Gasteiger charge is 2.32. The Kier molecular flexibility index (Phi) is 5.69. The molecule has 1 amide bonds. The van der Waals surface area contributed by atoms with Gasteiger partial charge in [-0.2, -0.15) is 0 Å². The number of nitrogens with one attached hydrogen (secondary N) is 1. The summed E-state index contributed by atoms with van der Waals surface area (Å²) >= 11 is 0. The van der Waals surface area contributed by atoms with E-state index in [1.54, 1.807) is 43.5 Å². The van der Waals surface area contributed by atoms with E-state index in [1.807, 2.05) is 0 Å². The molecule has 7 heteroatoms. The fourth-order valence-corrected chi connectivity index (χ4v) is 4.76. The summed E-state index contributed by atoms with van der Waals surface area (Å²) in [5.41, 5.74) is 1.14. The SMILES string of the molecule is Cc1c(C(=O)N[C@H](c2cccc(F)c2)C2CCC2)c2cccc(F)c2c(=O)n1-c1cccnc1. The minimum Gasteiger partial charge on any atom is -0.345 e. The van der Waals surface area contributed by atoms with Gasteiger partial charge in [-0.25, -0.2) is 8.78 Å². The lowest BCUT2D eigenvalue weighted by atomic mass is 9.77. The van der Waals surface area contributed by atoms with E-state index in [0.29, 0.717) is 16.9 Å². The Balaban J connectivity index is 1.67. The van der Waals surface area contributed by atoms with Gasteiger partial charge in [0.15, 0.2) is 0 Å². The summed E-state index contributed by atoms with van der Waals surface area (Å²) in [7, 11) is 0. The van der Waals surface area contributed by atoms with Crippen molar-refractivity contribution in [3.63, 3.8) is 0 Å². The molecule has 5 nitrogen and oxygen atoms in total. The van der Waals surface area contributed by atoms with E-state index in [9.17, 15) is 18.4 Å². The maximum Gasteiger partial charge on any atom is 0.266 e. The highest BCUT2D eigenvalue weighted by molar-refractivity contribution is 6.08. The molecule has 1 aliphatic rings. The topological polar surface area (TPSA) is 64.0 Å². The smallest absolute Gasteiger partial charge is 0.266 e. The molecule has 1 atom stereocenters. The highest BCUT2D eigenvalue weighted by atomic mass is 19.1. The average Bonchev–Trinajstić information content (AvgIpc) is 2.78. The monoisotopic (exact) mass is 459 g/mol. The molecule has 1 N–H and O–H groups in total. The van der Waals surface area contributed by atoms with E-state index in [4.69, 9.17) is 0 Å². The number of amides is 1. The Morgan fingerprint density at radius 3 is 2.59 bits per heavy atom. The van der Waals surface area contributed by atoms with Gasteiger partial charge in [-0.05, 0) is 61.6 Å². The van der Waals surface area contributed by atoms with Crippen LogP contribution in [0.25, 0.3) is 16.5 Å². The molecule has 1 fully saturated rings. The fourth-order valence-electron chi connectivity index (χ4n) is 4.76. The van der Waals surface area contributed by atoms with E-state index in [-0.39, 0.29) is 28.1 Å². The number of nitrogens with zero attached hydrogens (tertiary/aromatic N) is 2. The Labute approximate surface area is 195 Å². The average molecular weight is 459 g/mol. The largest absolute Gasteiger partial charge is 0.345 e. The normalized spacial score (nSPS) is 14.6. The second-order valence-corrected chi connectivity index (χ2v) is 8.67. The Hall–Kier alpha value is -3.87. The van der Waals surface area contributed by atoms with Crippen LogP contribution in [-0.2, 0) is 0 Å². The fraction of sp³-hybridized carbons (Fsp3) is 0.222. The van der Waals surface area contributed by atoms with Crippen LogP contribution in [0, 0.1) is 24.5 Å². The van der Waals surface area contributed by atoms with Crippen molar-refractivity contribution >= 4 is 16.7 Å². The van der Waals surface area contributed by atoms with Crippen LogP contribution in [0.15, 0.2) is 71.8 Å². The van der Waals surface area contributed by atoms with Crippen molar-refractivity contribution in [2.45, 2.75) is 32.2 Å². The first-order chi connectivity index (χ1) is 16.5. The van der Waals surface area contributed by atoms with E-state index < -0.39 is 23.3 Å². The number of pyridine rings is 2. The lowest BCUT2D eigenvalue weighted by Gasteiger charge is -2.35. The molecule has 172 valence electrons. The van der Waals surface area contributed by atoms with Crippen LogP contribution < -0.4 is 10.9 Å². The number of hydrogen-bond donors (Lipinski definition) is 1. The molecule has 1 aliphatic carbocycles. The van der Waals surface area contributed by atoms with Crippen molar-refractivity contribution in [3.8, 4) is 5.69 Å². The molecule has 2 aromatic heterocycles. The van der Waals surface area contributed by atoms with Gasteiger partial charge in [0.1, 0.15) is 11.6 Å². The molecule has 0 spiro atoms. The van der Waals surface area contributed by atoms with E-state index in [1.165, 1.54) is 35.0 Å². The van der Waals surface area contributed by atoms with Crippen molar-refractivity contribution in [1.29, 1.82) is 0 Å². The van der Waals surface area contributed by atoms with Crippen LogP contribution in [0.3, 0.4) is 0 Å². The summed E-state index contributed by atoms with van der Waals surface area (Å²) in [4.78, 5) is 31.1. The van der Waals surface area contributed by atoms with E-state index in [0.717, 1.165) is 19.3 Å². The zero-order valence-corrected chi connectivity index (χ0v) is 18.6. The predicted molar refractivity (Wildman–Crippen MR) is 126 cm³/mol. The van der Waals surface area contributed by atoms with Crippen LogP contribution in [0.2, 0.25) is 0 Å². The lowest BCUT2D eigenvalue weighted by Crippen LogP contribution is -2.37. The van der Waals surface area contributed by atoms with Gasteiger partial charge in [0.2, 0.25) is 0 Å². The number of carbonyl (C=O) groups excluding carboxylic acids is 1. The second kappa shape index (κ2) is 8.82. The summed E-state index contributed by atoms with van der Waals surface area (Å²) in [6.45, 7) is 1.66. The second-order valence-electron chi connectivity index (χ2n) is 8.67. The van der Waals surface area contributed by atoms with Crippen molar-refractivity contribution in [2.75, 3.05) is 0 Å². The minimum absolute atomic E-state index is 0.159. The first kappa shape index (κ1) is 21.9. The lowest BCUT2D eigenvalue weighted by molar-refractivity contribution is 0.0901. The number of rotatable bonds is 5. The van der Waals surface area contributed by atoms with Gasteiger partial charge >= 0.3 is 0 Å². The van der Waals surface area contributed by atoms with Crippen LogP contribution in [-0.4, -0.2) is 15.5 Å². The van der Waals surface area contributed by atoms with Crippen LogP contribution >= 0.6 is 0 Å². The van der Waals surface area contributed by atoms with E-state index in [2.05, 4.69) is 10.3 Å². The maximum absolute atomic E-state index is 14.9. The summed E-state index contributed by atoms with van der Waals surface area (Å²) < 4.78 is 30.2. The molecule has 1 saturated carbocycles. The standard InChI is InChI=1S/C27H23F2N3O2/c1-16-23(26(33)31-25(17-6-2-7-17)18-8-3-9-19(28)14-18)21-11-4-12-22(29)24(21)27(34)32(16)20-10-5-13-30-15-20/h3-5,8-15,17,25H,2,6-7H2,1H3,(H,31,33)/t25-/m0/s1. The number of fused-ring (bicyclic) bond motifs is 1. The minimum atomic E-state index is -0.699. The number of hydrogen-bond acceptors (Lipinski definition) is 3. The zero-order chi connectivity index (χ0) is 23.8. The first-order valence-corrected chi connectivity index (χ1v) is 11.3. The third-order valence-corrected chi connectivity index (χ3v) is 6.64. The molecule has 2 aromatic carbocycles. The molecule has 0 radical (unpaired) electrons. The van der Waals surface area contributed by atoms with Crippen molar-refractivity contribution in [3.05, 3.63) is 106 Å². The molecule has 0 bridgehead atoms. The van der Waals surface area contributed by atoms with Crippen molar-refractivity contribution in [1.82, 2.24) is 14.9 Å². The van der Waals surface area contributed by atoms with Gasteiger partial charge < -0.3 is 5.32 Å². The molecule has 4 aromatic rings. The molecule has 34 heavy (non-hydrogen) atoms. The number of carbonyl (C=O) groups is 1. The third-order valence-electron chi connectivity index (χ3n) is 6.64. The maximum atomic E-state index is 14.9. The third kappa shape index (κ3) is 3.77. The van der Waals surface area contributed by atoms with Crippen LogP contribution in [0.5, 0.6) is 0 Å². The number of benzene rings is 2. The van der Waals surface area contributed by atoms with Crippen LogP contribution in [0.1, 0.15) is 46.9 Å². The molecule has 2 heterocycles. The Morgan fingerprint density at radius 2 is 1.91 bits per heavy atom. The molecule has 0 saturated heterocycles. The quantitative estimate of drug-likeness (QED) is 0.444. The molecule has 0 unspecified atom stereocenters. The van der Waals surface area contributed by atoms with Crippen molar-refractivity contribution in [2.24, 2.45) is 5.92 Å². The molecule has 5 rings (SSSR count). The van der Waals surface area contributed by atoms with Gasteiger partial charge in [0.05, 0.1) is 28.9 Å². The Bertz CT molecular complexity index is 1450. The van der Waals surface area contributed by atoms with Gasteiger partial charge in [-0.15, -0.1) is 0 Å². The van der Waals surface area contributed by atoms with Gasteiger partial charge in [0, 0.05) is 17.3 Å². The summed E-state index contributed by atoms with van der Waals surface area (Å²) in [6.07, 6.45) is 5.95. The zero-order valence-electron chi connectivity index (χ0n) is 18.6. The highest BCUT2D eigenvalue weighted by Crippen LogP contribution is 2.38.